The van der Waals surface area contributed by atoms with E-state index in [9.17, 15) is 4.57 Å². The van der Waals surface area contributed by atoms with Crippen LogP contribution in [0.3, 0.4) is 0 Å². The molecule has 1 aliphatic heterocycles. The van der Waals surface area contributed by atoms with E-state index in [4.69, 9.17) is 9.05 Å². The molecule has 0 saturated carbocycles. The molecule has 0 amide bonds. The smallest absolute Gasteiger partial charge is 0.305 e. The van der Waals surface area contributed by atoms with Crippen molar-refractivity contribution in [1.29, 1.82) is 0 Å². The number of likely N-dealkylation sites (tertiary alicyclic amines) is 1. The highest BCUT2D eigenvalue weighted by Crippen LogP contribution is 2.60. The zero-order chi connectivity index (χ0) is 16.7. The van der Waals surface area contributed by atoms with Crippen molar-refractivity contribution in [2.45, 2.75) is 40.2 Å². The van der Waals surface area contributed by atoms with E-state index in [-0.39, 0.29) is 0 Å². The molecule has 1 fully saturated rings. The Morgan fingerprint density at radius 3 is 2.43 bits per heavy atom. The van der Waals surface area contributed by atoms with E-state index in [1.165, 1.54) is 18.4 Å². The second-order valence-electron chi connectivity index (χ2n) is 5.69. The van der Waals surface area contributed by atoms with Gasteiger partial charge in [0.1, 0.15) is 0 Å². The Hall–Kier alpha value is -0.930. The van der Waals surface area contributed by atoms with E-state index in [1.54, 1.807) is 0 Å². The van der Waals surface area contributed by atoms with Gasteiger partial charge in [-0.15, -0.1) is 0 Å². The van der Waals surface area contributed by atoms with Gasteiger partial charge in [0.25, 0.3) is 0 Å². The molecule has 2 rings (SSSR count). The predicted molar refractivity (Wildman–Crippen MR) is 95.5 cm³/mol. The highest BCUT2D eigenvalue weighted by Gasteiger charge is 2.30. The summed E-state index contributed by atoms with van der Waals surface area (Å²) in [5.41, 5.74) is 2.16. The highest BCUT2D eigenvalue weighted by atomic mass is 31.2. The van der Waals surface area contributed by atoms with E-state index < -0.39 is 7.60 Å². The molecule has 0 bridgehead atoms. The zero-order valence-electron chi connectivity index (χ0n) is 14.5. The molecule has 0 aliphatic carbocycles. The fraction of sp³-hybridized carbons (Fsp3) is 0.556. The van der Waals surface area contributed by atoms with Gasteiger partial charge < -0.3 is 9.05 Å². The van der Waals surface area contributed by atoms with E-state index in [0.29, 0.717) is 18.5 Å². The third-order valence-electron chi connectivity index (χ3n) is 3.99. The van der Waals surface area contributed by atoms with Gasteiger partial charge in [0.15, 0.2) is 0 Å². The first-order valence-corrected chi connectivity index (χ1v) is 10.0. The second kappa shape index (κ2) is 8.79. The fourth-order valence-electron chi connectivity index (χ4n) is 3.03. The van der Waals surface area contributed by atoms with Crippen molar-refractivity contribution in [2.24, 2.45) is 0 Å². The number of nitrogens with zero attached hydrogens (tertiary/aromatic N) is 1. The van der Waals surface area contributed by atoms with Crippen molar-refractivity contribution >= 4 is 12.9 Å². The van der Waals surface area contributed by atoms with Crippen LogP contribution in [0.25, 0.3) is 5.31 Å². The van der Waals surface area contributed by atoms with Crippen LogP contribution < -0.4 is 0 Å². The topological polar surface area (TPSA) is 38.8 Å². The molecular formula is C18H28NO3P. The molecule has 1 aromatic rings. The summed E-state index contributed by atoms with van der Waals surface area (Å²) in [6.07, 6.45) is 4.41. The van der Waals surface area contributed by atoms with Crippen LogP contribution in [-0.2, 0) is 20.2 Å². The zero-order valence-corrected chi connectivity index (χ0v) is 15.4. The average molecular weight is 337 g/mol. The molecule has 0 radical (unpaired) electrons. The lowest BCUT2D eigenvalue weighted by atomic mass is 10.1. The minimum absolute atomic E-state index is 0.363. The molecule has 0 atom stereocenters. The summed E-state index contributed by atoms with van der Waals surface area (Å²) in [5.74, 6) is 0. The SMILES string of the molecule is CC=C(c1cccc(CN2CCCC2)c1)P(=O)(OCC)OCC. The summed E-state index contributed by atoms with van der Waals surface area (Å²) < 4.78 is 24.1. The summed E-state index contributed by atoms with van der Waals surface area (Å²) in [6.45, 7) is 9.55. The maximum Gasteiger partial charge on any atom is 0.361 e. The molecule has 128 valence electrons. The molecule has 23 heavy (non-hydrogen) atoms. The Bertz CT molecular complexity index is 569. The average Bonchev–Trinajstić information content (AvgIpc) is 3.01. The van der Waals surface area contributed by atoms with Gasteiger partial charge in [-0.25, -0.2) is 0 Å². The minimum Gasteiger partial charge on any atom is -0.305 e. The standard InChI is InChI=1S/C18H28NO3P/c1-4-18(23(20,21-5-2)22-6-3)17-11-9-10-16(14-17)15-19-12-7-8-13-19/h4,9-11,14H,5-8,12-13,15H2,1-3H3. The van der Waals surface area contributed by atoms with Crippen LogP contribution in [0, 0.1) is 0 Å². The summed E-state index contributed by atoms with van der Waals surface area (Å²) in [7, 11) is -3.26. The summed E-state index contributed by atoms with van der Waals surface area (Å²) >= 11 is 0. The van der Waals surface area contributed by atoms with Crippen molar-refractivity contribution in [3.63, 3.8) is 0 Å². The van der Waals surface area contributed by atoms with Crippen molar-refractivity contribution < 1.29 is 13.6 Å². The third kappa shape index (κ3) is 4.77. The van der Waals surface area contributed by atoms with Crippen LogP contribution >= 0.6 is 7.60 Å². The fourth-order valence-corrected chi connectivity index (χ4v) is 4.83. The van der Waals surface area contributed by atoms with Crippen molar-refractivity contribution in [3.8, 4) is 0 Å². The van der Waals surface area contributed by atoms with Crippen LogP contribution in [0.5, 0.6) is 0 Å². The molecule has 0 spiro atoms. The van der Waals surface area contributed by atoms with E-state index in [0.717, 1.165) is 25.2 Å². The lowest BCUT2D eigenvalue weighted by molar-refractivity contribution is 0.230. The van der Waals surface area contributed by atoms with E-state index in [1.807, 2.05) is 39.0 Å². The van der Waals surface area contributed by atoms with Gasteiger partial charge in [-0.1, -0.05) is 24.3 Å². The van der Waals surface area contributed by atoms with Crippen molar-refractivity contribution in [1.82, 2.24) is 4.90 Å². The normalized spacial score (nSPS) is 16.9. The molecule has 1 heterocycles. The van der Waals surface area contributed by atoms with Gasteiger partial charge in [0.2, 0.25) is 0 Å². The Labute approximate surface area is 140 Å². The van der Waals surface area contributed by atoms with Crippen LogP contribution in [0.2, 0.25) is 0 Å². The minimum atomic E-state index is -3.26. The van der Waals surface area contributed by atoms with Gasteiger partial charge in [0.05, 0.1) is 18.5 Å². The summed E-state index contributed by atoms with van der Waals surface area (Å²) in [4.78, 5) is 2.46. The maximum atomic E-state index is 13.1. The number of benzene rings is 1. The van der Waals surface area contributed by atoms with Crippen LogP contribution in [0.1, 0.15) is 44.7 Å². The molecule has 0 N–H and O–H groups in total. The first-order chi connectivity index (χ1) is 11.1. The lowest BCUT2D eigenvalue weighted by Crippen LogP contribution is -2.18. The second-order valence-corrected chi connectivity index (χ2v) is 7.68. The molecule has 4 nitrogen and oxygen atoms in total. The molecule has 1 aliphatic rings. The van der Waals surface area contributed by atoms with Crippen LogP contribution in [0.4, 0.5) is 0 Å². The first kappa shape index (κ1) is 18.4. The number of allylic oxidation sites excluding steroid dienone is 1. The Morgan fingerprint density at radius 2 is 1.87 bits per heavy atom. The Kier molecular flexibility index (Phi) is 7.04. The molecule has 5 heteroatoms. The lowest BCUT2D eigenvalue weighted by Gasteiger charge is -2.21. The number of hydrogen-bond donors (Lipinski definition) is 0. The van der Waals surface area contributed by atoms with Gasteiger partial charge in [-0.3, -0.25) is 9.46 Å². The monoisotopic (exact) mass is 337 g/mol. The van der Waals surface area contributed by atoms with Gasteiger partial charge in [0, 0.05) is 6.54 Å². The molecule has 0 aromatic heterocycles. The quantitative estimate of drug-likeness (QED) is 0.632. The summed E-state index contributed by atoms with van der Waals surface area (Å²) in [6, 6.07) is 8.24. The van der Waals surface area contributed by atoms with Crippen LogP contribution in [0.15, 0.2) is 30.3 Å². The van der Waals surface area contributed by atoms with Crippen molar-refractivity contribution in [3.05, 3.63) is 41.5 Å². The number of hydrogen-bond acceptors (Lipinski definition) is 4. The van der Waals surface area contributed by atoms with Gasteiger partial charge in [-0.2, -0.15) is 0 Å². The van der Waals surface area contributed by atoms with Gasteiger partial charge >= 0.3 is 7.60 Å². The molecule has 1 aromatic carbocycles. The third-order valence-corrected chi connectivity index (χ3v) is 6.30. The molecule has 1 saturated heterocycles. The van der Waals surface area contributed by atoms with Crippen molar-refractivity contribution in [2.75, 3.05) is 26.3 Å². The van der Waals surface area contributed by atoms with E-state index >= 15 is 0 Å². The molecular weight excluding hydrogens is 309 g/mol. The predicted octanol–water partition coefficient (Wildman–Crippen LogP) is 4.91. The first-order valence-electron chi connectivity index (χ1n) is 8.50. The maximum absolute atomic E-state index is 13.1. The number of rotatable bonds is 8. The van der Waals surface area contributed by atoms with Gasteiger partial charge in [-0.05, 0) is 63.9 Å². The van der Waals surface area contributed by atoms with E-state index in [2.05, 4.69) is 17.0 Å². The summed E-state index contributed by atoms with van der Waals surface area (Å²) in [5, 5.41) is 0.657. The van der Waals surface area contributed by atoms with Crippen LogP contribution in [-0.4, -0.2) is 31.2 Å². The Balaban J connectivity index is 2.25. The highest BCUT2D eigenvalue weighted by molar-refractivity contribution is 7.65. The Morgan fingerprint density at radius 1 is 1.22 bits per heavy atom. The largest absolute Gasteiger partial charge is 0.361 e. The molecule has 0 unspecified atom stereocenters.